The number of hydrogen-bond donors (Lipinski definition) is 3. The van der Waals surface area contributed by atoms with E-state index in [4.69, 9.17) is 4.84 Å². The maximum atomic E-state index is 12.9. The van der Waals surface area contributed by atoms with Crippen LogP contribution >= 0.6 is 23.5 Å². The summed E-state index contributed by atoms with van der Waals surface area (Å²) in [6.45, 7) is 0. The molecule has 2 aromatic rings. The molecule has 2 atom stereocenters. The molecule has 0 bridgehead atoms. The van der Waals surface area contributed by atoms with Crippen LogP contribution in [0.25, 0.3) is 0 Å². The lowest BCUT2D eigenvalue weighted by Crippen LogP contribution is -2.71. The molecule has 4 rings (SSSR count). The Bertz CT molecular complexity index is 1280. The van der Waals surface area contributed by atoms with Crippen LogP contribution in [0.4, 0.5) is 5.82 Å². The highest BCUT2D eigenvalue weighted by atomic mass is 32.2. The van der Waals surface area contributed by atoms with Crippen LogP contribution in [-0.2, 0) is 31.1 Å². The molecule has 1 unspecified atom stereocenters. The van der Waals surface area contributed by atoms with Crippen molar-refractivity contribution in [3.05, 3.63) is 29.4 Å². The molecule has 0 aliphatic carbocycles. The summed E-state index contributed by atoms with van der Waals surface area (Å²) in [6, 6.07) is 0.398. The number of fused-ring (bicyclic) bond motifs is 1. The molecule has 1 fully saturated rings. The molecule has 0 saturated carbocycles. The van der Waals surface area contributed by atoms with E-state index in [1.54, 1.807) is 7.05 Å². The van der Waals surface area contributed by atoms with Crippen LogP contribution in [-0.4, -0.2) is 100 Å². The third-order valence-corrected chi connectivity index (χ3v) is 7.40. The van der Waals surface area contributed by atoms with E-state index in [1.807, 2.05) is 0 Å². The summed E-state index contributed by atoms with van der Waals surface area (Å²) in [4.78, 5) is 62.5. The highest BCUT2D eigenvalue weighted by Gasteiger charge is 2.54. The van der Waals surface area contributed by atoms with Crippen molar-refractivity contribution in [1.82, 2.24) is 40.4 Å². The van der Waals surface area contributed by atoms with Gasteiger partial charge in [-0.3, -0.25) is 19.3 Å². The average Bonchev–Trinajstić information content (AvgIpc) is 3.28. The molecule has 1 saturated heterocycles. The number of nitrogens with one attached hydrogen (secondary N) is 2. The van der Waals surface area contributed by atoms with Crippen LogP contribution in [0.5, 0.6) is 0 Å². The molecular weight excluding hydrogens is 516 g/mol. The van der Waals surface area contributed by atoms with Gasteiger partial charge in [-0.15, -0.1) is 16.9 Å². The number of nitrogens with zero attached hydrogens (tertiary/aromatic N) is 8. The Hall–Kier alpha value is -4.06. The minimum absolute atomic E-state index is 0.124. The summed E-state index contributed by atoms with van der Waals surface area (Å²) in [5.74, 6) is -2.08. The molecule has 36 heavy (non-hydrogen) atoms. The van der Waals surface area contributed by atoms with Crippen molar-refractivity contribution in [1.29, 1.82) is 0 Å². The van der Waals surface area contributed by atoms with Crippen LogP contribution in [0, 0.1) is 0 Å². The number of aromatic nitrogens is 6. The summed E-state index contributed by atoms with van der Waals surface area (Å²) >= 11 is 2.56. The van der Waals surface area contributed by atoms with E-state index >= 15 is 0 Å². The molecule has 4 heterocycles. The number of rotatable bonds is 10. The Morgan fingerprint density at radius 3 is 2.92 bits per heavy atom. The quantitative estimate of drug-likeness (QED) is 0.104. The minimum Gasteiger partial charge on any atom is -0.477 e. The number of amides is 3. The van der Waals surface area contributed by atoms with Gasteiger partial charge < -0.3 is 20.6 Å². The topological polar surface area (TPSA) is 207 Å². The molecule has 188 valence electrons. The molecule has 3 N–H and O–H groups in total. The van der Waals surface area contributed by atoms with E-state index in [2.05, 4.69) is 41.3 Å². The third-order valence-electron chi connectivity index (χ3n) is 4.97. The second-order valence-corrected chi connectivity index (χ2v) is 9.19. The monoisotopic (exact) mass is 534 g/mol. The van der Waals surface area contributed by atoms with E-state index in [9.17, 15) is 24.3 Å². The molecule has 0 radical (unpaired) electrons. The second kappa shape index (κ2) is 10.7. The van der Waals surface area contributed by atoms with Gasteiger partial charge in [0.15, 0.2) is 5.82 Å². The van der Waals surface area contributed by atoms with Gasteiger partial charge in [0, 0.05) is 24.8 Å². The normalized spacial score (nSPS) is 19.3. The number of carboxylic acids is 1. The number of aliphatic carboxylic acids is 1. The van der Waals surface area contributed by atoms with Gasteiger partial charge in [0.25, 0.3) is 11.8 Å². The SMILES string of the molecule is CON=C(C(=O)NC1C(=O)N2C(C(=O)O)=C(CSc3nnnn3C)CS[C@@H]12)c1nccc(NC=O)n1. The van der Waals surface area contributed by atoms with Crippen molar-refractivity contribution in [2.45, 2.75) is 16.6 Å². The summed E-state index contributed by atoms with van der Waals surface area (Å²) in [6.07, 6.45) is 1.71. The third kappa shape index (κ3) is 4.85. The van der Waals surface area contributed by atoms with E-state index in [-0.39, 0.29) is 28.8 Å². The summed E-state index contributed by atoms with van der Waals surface area (Å²) in [5, 5.41) is 29.4. The number of anilines is 1. The number of hydrogen-bond acceptors (Lipinski definition) is 13. The van der Waals surface area contributed by atoms with Crippen LogP contribution < -0.4 is 10.6 Å². The standard InChI is InChI=1S/C18H18N10O6S2/c1-27-18(23-25-26-27)36-6-8-5-35-16-11(15(31)28(16)12(8)17(32)33)22-14(30)10(24-34-2)13-19-4-3-9(21-13)20-7-29/h3-4,7,11,16H,5-6H2,1-2H3,(H,22,30)(H,32,33)(H,19,20,21,29)/t11?,16-/m0/s1. The smallest absolute Gasteiger partial charge is 0.352 e. The molecule has 0 spiro atoms. The number of carboxylic acid groups (broad SMARTS) is 1. The lowest BCUT2D eigenvalue weighted by molar-refractivity contribution is -0.150. The predicted octanol–water partition coefficient (Wildman–Crippen LogP) is -1.55. The molecule has 2 aromatic heterocycles. The maximum Gasteiger partial charge on any atom is 0.352 e. The molecule has 3 amide bonds. The number of oxime groups is 1. The number of carbonyl (C=O) groups is 4. The molecular formula is C18H18N10O6S2. The zero-order valence-electron chi connectivity index (χ0n) is 18.7. The molecule has 0 aromatic carbocycles. The Morgan fingerprint density at radius 2 is 2.25 bits per heavy atom. The Labute approximate surface area is 210 Å². The van der Waals surface area contributed by atoms with Crippen molar-refractivity contribution in [2.75, 3.05) is 23.9 Å². The van der Waals surface area contributed by atoms with Crippen molar-refractivity contribution in [2.24, 2.45) is 12.2 Å². The van der Waals surface area contributed by atoms with Crippen LogP contribution in [0.15, 0.2) is 33.8 Å². The molecule has 2 aliphatic rings. The summed E-state index contributed by atoms with van der Waals surface area (Å²) in [7, 11) is 2.88. The highest BCUT2D eigenvalue weighted by Crippen LogP contribution is 2.41. The summed E-state index contributed by atoms with van der Waals surface area (Å²) in [5.41, 5.74) is 0.0746. The predicted molar refractivity (Wildman–Crippen MR) is 124 cm³/mol. The number of β-lactam (4-membered cyclic amide) rings is 1. The Morgan fingerprint density at radius 1 is 1.44 bits per heavy atom. The van der Waals surface area contributed by atoms with E-state index in [0.717, 1.165) is 4.90 Å². The average molecular weight is 535 g/mol. The van der Waals surface area contributed by atoms with Gasteiger partial charge in [-0.2, -0.15) is 0 Å². The van der Waals surface area contributed by atoms with Crippen molar-refractivity contribution in [3.63, 3.8) is 0 Å². The zero-order chi connectivity index (χ0) is 25.8. The number of carbonyl (C=O) groups excluding carboxylic acids is 3. The first-order valence-corrected chi connectivity index (χ1v) is 12.1. The second-order valence-electron chi connectivity index (χ2n) is 7.14. The first kappa shape index (κ1) is 25.0. The van der Waals surface area contributed by atoms with Crippen LogP contribution in [0.1, 0.15) is 5.82 Å². The van der Waals surface area contributed by atoms with Crippen LogP contribution in [0.2, 0.25) is 0 Å². The fourth-order valence-corrected chi connectivity index (χ4v) is 5.72. The summed E-state index contributed by atoms with van der Waals surface area (Å²) < 4.78 is 1.46. The Kier molecular flexibility index (Phi) is 7.44. The zero-order valence-corrected chi connectivity index (χ0v) is 20.3. The molecule has 2 aliphatic heterocycles. The first-order chi connectivity index (χ1) is 17.3. The highest BCUT2D eigenvalue weighted by molar-refractivity contribution is 8.01. The van der Waals surface area contributed by atoms with Gasteiger partial charge in [0.1, 0.15) is 30.0 Å². The lowest BCUT2D eigenvalue weighted by atomic mass is 10.0. The van der Waals surface area contributed by atoms with Gasteiger partial charge >= 0.3 is 5.97 Å². The fourth-order valence-electron chi connectivity index (χ4n) is 3.39. The Balaban J connectivity index is 1.50. The van der Waals surface area contributed by atoms with Gasteiger partial charge in [0.05, 0.1) is 0 Å². The number of aryl methyl sites for hydroxylation is 1. The number of thioether (sulfide) groups is 2. The lowest BCUT2D eigenvalue weighted by Gasteiger charge is -2.49. The molecule has 16 nitrogen and oxygen atoms in total. The van der Waals surface area contributed by atoms with Gasteiger partial charge in [-0.05, 0) is 22.1 Å². The van der Waals surface area contributed by atoms with Crippen molar-refractivity contribution in [3.8, 4) is 0 Å². The largest absolute Gasteiger partial charge is 0.477 e. The fraction of sp³-hybridized carbons (Fsp3) is 0.333. The van der Waals surface area contributed by atoms with Gasteiger partial charge in [-0.1, -0.05) is 16.9 Å². The number of tetrazole rings is 1. The van der Waals surface area contributed by atoms with E-state index in [1.165, 1.54) is 47.6 Å². The molecule has 18 heteroatoms. The minimum atomic E-state index is -1.25. The van der Waals surface area contributed by atoms with Crippen molar-refractivity contribution < 1.29 is 29.1 Å². The van der Waals surface area contributed by atoms with Gasteiger partial charge in [0.2, 0.25) is 17.3 Å². The van der Waals surface area contributed by atoms with Crippen LogP contribution in [0.3, 0.4) is 0 Å². The maximum absolute atomic E-state index is 12.9. The van der Waals surface area contributed by atoms with E-state index in [0.29, 0.717) is 22.9 Å². The van der Waals surface area contributed by atoms with Gasteiger partial charge in [-0.25, -0.2) is 19.4 Å². The van der Waals surface area contributed by atoms with E-state index < -0.39 is 29.2 Å². The van der Waals surface area contributed by atoms with Crippen molar-refractivity contribution >= 4 is 59.2 Å². The first-order valence-electron chi connectivity index (χ1n) is 10.1.